The second kappa shape index (κ2) is 4.79. The van der Waals surface area contributed by atoms with Crippen molar-refractivity contribution in [2.45, 2.75) is 0 Å². The van der Waals surface area contributed by atoms with Gasteiger partial charge in [-0.05, 0) is 18.2 Å². The summed E-state index contributed by atoms with van der Waals surface area (Å²) >= 11 is 0. The van der Waals surface area contributed by atoms with Crippen LogP contribution in [0.15, 0.2) is 42.5 Å². The van der Waals surface area contributed by atoms with Gasteiger partial charge in [0.2, 0.25) is 0 Å². The smallest absolute Gasteiger partial charge is 0.355 e. The van der Waals surface area contributed by atoms with E-state index in [4.69, 9.17) is 10.2 Å². The van der Waals surface area contributed by atoms with Crippen LogP contribution in [0.25, 0.3) is 0 Å². The molecular formula is C12H11NO3Si. The molecule has 2 radical (unpaired) electrons. The van der Waals surface area contributed by atoms with E-state index < -0.39 is 0 Å². The predicted octanol–water partition coefficient (Wildman–Crippen LogP) is 1.00. The van der Waals surface area contributed by atoms with Crippen molar-refractivity contribution >= 4 is 20.6 Å². The van der Waals surface area contributed by atoms with Crippen molar-refractivity contribution in [3.8, 4) is 17.2 Å². The maximum Gasteiger partial charge on any atom is 0.355 e. The number of para-hydroxylation sites is 2. The van der Waals surface area contributed by atoms with Crippen molar-refractivity contribution in [3.05, 3.63) is 42.5 Å². The number of hydrogen-bond acceptors (Lipinski definition) is 4. The topological polar surface area (TPSA) is 75.7 Å². The van der Waals surface area contributed by atoms with Gasteiger partial charge in [-0.3, -0.25) is 0 Å². The van der Waals surface area contributed by atoms with E-state index in [0.717, 1.165) is 0 Å². The molecule has 86 valence electrons. The summed E-state index contributed by atoms with van der Waals surface area (Å²) in [6.07, 6.45) is 0. The average molecular weight is 245 g/mol. The first-order valence-electron chi connectivity index (χ1n) is 4.97. The number of nitrogens with two attached hydrogens (primary N) is 1. The van der Waals surface area contributed by atoms with E-state index >= 15 is 0 Å². The van der Waals surface area contributed by atoms with E-state index in [0.29, 0.717) is 10.9 Å². The van der Waals surface area contributed by atoms with E-state index in [-0.39, 0.29) is 27.0 Å². The quantitative estimate of drug-likeness (QED) is 0.557. The van der Waals surface area contributed by atoms with Gasteiger partial charge in [0.1, 0.15) is 5.75 Å². The predicted molar refractivity (Wildman–Crippen MR) is 66.6 cm³/mol. The summed E-state index contributed by atoms with van der Waals surface area (Å²) in [5, 5.41) is 19.8. The van der Waals surface area contributed by atoms with Crippen molar-refractivity contribution in [1.82, 2.24) is 0 Å². The molecule has 0 aliphatic carbocycles. The zero-order chi connectivity index (χ0) is 12.3. The minimum absolute atomic E-state index is 0.00655. The Balaban J connectivity index is 2.16. The van der Waals surface area contributed by atoms with Gasteiger partial charge in [0.15, 0.2) is 11.5 Å². The highest BCUT2D eigenvalue weighted by molar-refractivity contribution is 6.49. The lowest BCUT2D eigenvalue weighted by molar-refractivity contribution is 0.444. The van der Waals surface area contributed by atoms with Gasteiger partial charge < -0.3 is 20.4 Å². The third-order valence-corrected chi connectivity index (χ3v) is 3.14. The van der Waals surface area contributed by atoms with Crippen molar-refractivity contribution in [2.75, 3.05) is 5.73 Å². The van der Waals surface area contributed by atoms with Crippen LogP contribution in [0.1, 0.15) is 0 Å². The average Bonchev–Trinajstić information content (AvgIpc) is 2.30. The van der Waals surface area contributed by atoms with Crippen molar-refractivity contribution < 1.29 is 14.6 Å². The Morgan fingerprint density at radius 2 is 1.65 bits per heavy atom. The van der Waals surface area contributed by atoms with Crippen molar-refractivity contribution in [2.24, 2.45) is 0 Å². The van der Waals surface area contributed by atoms with Gasteiger partial charge in [0.25, 0.3) is 0 Å². The Kier molecular flexibility index (Phi) is 3.20. The first kappa shape index (κ1) is 11.3. The number of anilines is 1. The number of phenolic OH excluding ortho intramolecular Hbond substituents is 2. The molecule has 2 aromatic rings. The van der Waals surface area contributed by atoms with E-state index in [1.807, 2.05) is 0 Å². The van der Waals surface area contributed by atoms with Gasteiger partial charge in [-0.2, -0.15) is 0 Å². The fourth-order valence-corrected chi connectivity index (χ4v) is 2.11. The van der Waals surface area contributed by atoms with Gasteiger partial charge in [-0.1, -0.05) is 24.3 Å². The Morgan fingerprint density at radius 3 is 2.35 bits per heavy atom. The SMILES string of the molecule is Nc1cccc(O)c1O[Si]c1ccccc1O. The summed E-state index contributed by atoms with van der Waals surface area (Å²) < 4.78 is 5.43. The lowest BCUT2D eigenvalue weighted by atomic mass is 10.3. The first-order chi connectivity index (χ1) is 8.18. The van der Waals surface area contributed by atoms with Crippen LogP contribution >= 0.6 is 0 Å². The number of rotatable bonds is 3. The van der Waals surface area contributed by atoms with Gasteiger partial charge in [-0.15, -0.1) is 0 Å². The lowest BCUT2D eigenvalue weighted by Crippen LogP contribution is -2.20. The molecular weight excluding hydrogens is 234 g/mol. The van der Waals surface area contributed by atoms with Crippen LogP contribution in [0.3, 0.4) is 0 Å². The fraction of sp³-hybridized carbons (Fsp3) is 0. The van der Waals surface area contributed by atoms with E-state index in [1.165, 1.54) is 6.07 Å². The summed E-state index contributed by atoms with van der Waals surface area (Å²) in [6, 6.07) is 11.7. The third-order valence-electron chi connectivity index (χ3n) is 2.19. The van der Waals surface area contributed by atoms with Crippen LogP contribution in [0, 0.1) is 0 Å². The van der Waals surface area contributed by atoms with Crippen molar-refractivity contribution in [1.29, 1.82) is 0 Å². The second-order valence-corrected chi connectivity index (χ2v) is 4.36. The molecule has 0 fully saturated rings. The van der Waals surface area contributed by atoms with Crippen LogP contribution < -0.4 is 15.3 Å². The molecule has 0 heterocycles. The zero-order valence-electron chi connectivity index (χ0n) is 8.92. The third kappa shape index (κ3) is 2.51. The van der Waals surface area contributed by atoms with Gasteiger partial charge in [-0.25, -0.2) is 0 Å². The normalized spacial score (nSPS) is 10.1. The van der Waals surface area contributed by atoms with Gasteiger partial charge in [0.05, 0.1) is 5.69 Å². The highest BCUT2D eigenvalue weighted by Gasteiger charge is 2.09. The molecule has 0 saturated heterocycles. The van der Waals surface area contributed by atoms with E-state index in [9.17, 15) is 10.2 Å². The van der Waals surface area contributed by atoms with Gasteiger partial charge >= 0.3 is 9.76 Å². The maximum absolute atomic E-state index is 9.58. The molecule has 0 atom stereocenters. The standard InChI is InChI=1S/C12H11NO3Si/c13-8-4-3-6-10(15)12(8)16-17-11-7-2-1-5-9(11)14/h1-7,14-15H,13H2. The van der Waals surface area contributed by atoms with E-state index in [1.54, 1.807) is 36.4 Å². The molecule has 2 rings (SSSR count). The van der Waals surface area contributed by atoms with Crippen LogP contribution in [0.4, 0.5) is 5.69 Å². The molecule has 2 aromatic carbocycles. The number of aromatic hydroxyl groups is 2. The molecule has 0 amide bonds. The monoisotopic (exact) mass is 245 g/mol. The molecule has 0 spiro atoms. The van der Waals surface area contributed by atoms with Crippen LogP contribution in [-0.4, -0.2) is 20.0 Å². The summed E-state index contributed by atoms with van der Waals surface area (Å²) in [4.78, 5) is 0. The first-order valence-corrected chi connectivity index (χ1v) is 5.87. The fourth-order valence-electron chi connectivity index (χ4n) is 1.32. The minimum Gasteiger partial charge on any atom is -0.532 e. The largest absolute Gasteiger partial charge is 0.532 e. The molecule has 0 saturated carbocycles. The number of nitrogen functional groups attached to an aromatic ring is 1. The summed E-state index contributed by atoms with van der Waals surface area (Å²) in [7, 11) is -0.116. The number of phenols is 2. The Labute approximate surface area is 101 Å². The molecule has 0 unspecified atom stereocenters. The van der Waals surface area contributed by atoms with Gasteiger partial charge in [0, 0.05) is 5.19 Å². The lowest BCUT2D eigenvalue weighted by Gasteiger charge is -2.10. The maximum atomic E-state index is 9.58. The summed E-state index contributed by atoms with van der Waals surface area (Å²) in [5.41, 5.74) is 6.05. The van der Waals surface area contributed by atoms with Crippen molar-refractivity contribution in [3.63, 3.8) is 0 Å². The molecule has 5 heteroatoms. The minimum atomic E-state index is -0.116. The van der Waals surface area contributed by atoms with Crippen LogP contribution in [-0.2, 0) is 0 Å². The molecule has 0 bridgehead atoms. The van der Waals surface area contributed by atoms with Crippen LogP contribution in [0.2, 0.25) is 0 Å². The second-order valence-electron chi connectivity index (χ2n) is 3.42. The molecule has 17 heavy (non-hydrogen) atoms. The molecule has 4 nitrogen and oxygen atoms in total. The van der Waals surface area contributed by atoms with E-state index in [2.05, 4.69) is 0 Å². The highest BCUT2D eigenvalue weighted by atomic mass is 28.2. The zero-order valence-corrected chi connectivity index (χ0v) is 9.92. The molecule has 4 N–H and O–H groups in total. The van der Waals surface area contributed by atoms with Crippen LogP contribution in [0.5, 0.6) is 17.2 Å². The molecule has 0 aromatic heterocycles. The summed E-state index contributed by atoms with van der Waals surface area (Å²) in [6.45, 7) is 0. The number of benzene rings is 2. The highest BCUT2D eigenvalue weighted by Crippen LogP contribution is 2.31. The Bertz CT molecular complexity index is 511. The number of hydrogen-bond donors (Lipinski definition) is 3. The molecule has 0 aliphatic rings. The summed E-state index contributed by atoms with van der Waals surface area (Å²) in [5.74, 6) is 0.404. The Hall–Kier alpha value is -2.14. The molecule has 0 aliphatic heterocycles. The Morgan fingerprint density at radius 1 is 0.941 bits per heavy atom.